The molecule has 0 atom stereocenters. The Kier molecular flexibility index (Phi) is 6.05. The lowest BCUT2D eigenvalue weighted by Crippen LogP contribution is -2.45. The first-order valence-corrected chi connectivity index (χ1v) is 11.2. The lowest BCUT2D eigenvalue weighted by atomic mass is 10.0. The first-order valence-electron chi connectivity index (χ1n) is 11.2. The highest BCUT2D eigenvalue weighted by molar-refractivity contribution is 5.87. The van der Waals surface area contributed by atoms with Gasteiger partial charge in [-0.25, -0.2) is 0 Å². The minimum absolute atomic E-state index is 0.815. The van der Waals surface area contributed by atoms with E-state index in [9.17, 15) is 0 Å². The van der Waals surface area contributed by atoms with Crippen molar-refractivity contribution in [3.05, 3.63) is 73.1 Å². The van der Waals surface area contributed by atoms with Gasteiger partial charge in [0.2, 0.25) is 0 Å². The molecule has 3 heterocycles. The molecule has 1 aliphatic heterocycles. The summed E-state index contributed by atoms with van der Waals surface area (Å²) in [5.74, 6) is 0.815. The van der Waals surface area contributed by atoms with Crippen LogP contribution in [0.5, 0.6) is 0 Å². The van der Waals surface area contributed by atoms with E-state index in [1.165, 1.54) is 10.8 Å². The van der Waals surface area contributed by atoms with Crippen molar-refractivity contribution in [3.63, 3.8) is 0 Å². The molecule has 2 aromatic carbocycles. The number of nitrogens with one attached hydrogen (secondary N) is 1. The predicted molar refractivity (Wildman–Crippen MR) is 131 cm³/mol. The molecule has 0 unspecified atom stereocenters. The van der Waals surface area contributed by atoms with Crippen LogP contribution in [0.2, 0.25) is 0 Å². The van der Waals surface area contributed by atoms with E-state index in [1.807, 2.05) is 24.5 Å². The van der Waals surface area contributed by atoms with Crippen molar-refractivity contribution in [2.75, 3.05) is 51.6 Å². The Balaban J connectivity index is 1.40. The number of hydrogen-bond acceptors (Lipinski definition) is 6. The van der Waals surface area contributed by atoms with E-state index < -0.39 is 0 Å². The Morgan fingerprint density at radius 1 is 0.812 bits per heavy atom. The van der Waals surface area contributed by atoms with Gasteiger partial charge in [0.05, 0.1) is 5.69 Å². The van der Waals surface area contributed by atoms with E-state index >= 15 is 0 Å². The second kappa shape index (κ2) is 9.42. The van der Waals surface area contributed by atoms with Gasteiger partial charge in [0.1, 0.15) is 0 Å². The first-order chi connectivity index (χ1) is 15.8. The summed E-state index contributed by atoms with van der Waals surface area (Å²) in [5, 5.41) is 15.1. The zero-order valence-corrected chi connectivity index (χ0v) is 18.4. The summed E-state index contributed by atoms with van der Waals surface area (Å²) in [7, 11) is 2.18. The average molecular weight is 425 g/mol. The molecule has 0 bridgehead atoms. The normalized spacial score (nSPS) is 15.2. The SMILES string of the molecule is CN1CCN(CCNc2nnc(-c3ccc4ccccc4c3)cc2-c2ccncc2)CC1. The molecule has 4 aromatic rings. The van der Waals surface area contributed by atoms with Crippen LogP contribution < -0.4 is 5.32 Å². The summed E-state index contributed by atoms with van der Waals surface area (Å²) in [4.78, 5) is 9.05. The van der Waals surface area contributed by atoms with Crippen LogP contribution in [0.25, 0.3) is 33.2 Å². The number of anilines is 1. The van der Waals surface area contributed by atoms with Crippen molar-refractivity contribution >= 4 is 16.6 Å². The van der Waals surface area contributed by atoms with Gasteiger partial charge in [-0.05, 0) is 47.6 Å². The highest BCUT2D eigenvalue weighted by atomic mass is 15.3. The highest BCUT2D eigenvalue weighted by Gasteiger charge is 2.15. The Bertz CT molecular complexity index is 1190. The fraction of sp³-hybridized carbons (Fsp3) is 0.269. The van der Waals surface area contributed by atoms with Crippen LogP contribution in [0.3, 0.4) is 0 Å². The minimum Gasteiger partial charge on any atom is -0.367 e. The number of fused-ring (bicyclic) bond motifs is 1. The number of likely N-dealkylation sites (N-methyl/N-ethyl adjacent to an activating group) is 1. The maximum Gasteiger partial charge on any atom is 0.156 e. The molecule has 0 radical (unpaired) electrons. The van der Waals surface area contributed by atoms with Crippen LogP contribution in [0.1, 0.15) is 0 Å². The molecule has 1 N–H and O–H groups in total. The van der Waals surface area contributed by atoms with E-state index in [0.717, 1.165) is 67.5 Å². The third-order valence-electron chi connectivity index (χ3n) is 6.15. The first kappa shape index (κ1) is 20.5. The topological polar surface area (TPSA) is 57.2 Å². The standard InChI is InChI=1S/C26H28N6/c1-31-14-16-32(17-15-31)13-12-28-26-24(21-8-10-27-11-9-21)19-25(29-30-26)23-7-6-20-4-2-3-5-22(20)18-23/h2-11,18-19H,12-17H2,1H3,(H,28,30). The van der Waals surface area contributed by atoms with Gasteiger partial charge in [0.25, 0.3) is 0 Å². The number of piperazine rings is 1. The van der Waals surface area contributed by atoms with Crippen molar-refractivity contribution in [3.8, 4) is 22.4 Å². The smallest absolute Gasteiger partial charge is 0.156 e. The number of hydrogen-bond donors (Lipinski definition) is 1. The number of aromatic nitrogens is 3. The van der Waals surface area contributed by atoms with Crippen molar-refractivity contribution < 1.29 is 0 Å². The lowest BCUT2D eigenvalue weighted by Gasteiger charge is -2.32. The van der Waals surface area contributed by atoms with Gasteiger partial charge in [-0.1, -0.05) is 36.4 Å². The Morgan fingerprint density at radius 2 is 1.59 bits per heavy atom. The molecular weight excluding hydrogens is 396 g/mol. The maximum atomic E-state index is 4.60. The van der Waals surface area contributed by atoms with E-state index in [4.69, 9.17) is 0 Å². The molecule has 1 fully saturated rings. The Morgan fingerprint density at radius 3 is 2.41 bits per heavy atom. The maximum absolute atomic E-state index is 4.60. The van der Waals surface area contributed by atoms with E-state index in [0.29, 0.717) is 0 Å². The molecule has 1 aliphatic rings. The average Bonchev–Trinajstić information content (AvgIpc) is 2.85. The Labute approximate surface area is 188 Å². The second-order valence-corrected chi connectivity index (χ2v) is 8.36. The molecule has 0 amide bonds. The zero-order chi connectivity index (χ0) is 21.8. The van der Waals surface area contributed by atoms with E-state index in [2.05, 4.69) is 85.9 Å². The number of rotatable bonds is 6. The molecule has 32 heavy (non-hydrogen) atoms. The van der Waals surface area contributed by atoms with Crippen molar-refractivity contribution in [1.29, 1.82) is 0 Å². The molecule has 5 rings (SSSR count). The van der Waals surface area contributed by atoms with Gasteiger partial charge >= 0.3 is 0 Å². The predicted octanol–water partition coefficient (Wildman–Crippen LogP) is 4.02. The zero-order valence-electron chi connectivity index (χ0n) is 18.4. The fourth-order valence-electron chi connectivity index (χ4n) is 4.17. The second-order valence-electron chi connectivity index (χ2n) is 8.36. The molecule has 1 saturated heterocycles. The van der Waals surface area contributed by atoms with Gasteiger partial charge in [0.15, 0.2) is 5.82 Å². The van der Waals surface area contributed by atoms with Crippen molar-refractivity contribution in [2.24, 2.45) is 0 Å². The van der Waals surface area contributed by atoms with Crippen LogP contribution in [0.15, 0.2) is 73.1 Å². The van der Waals surface area contributed by atoms with Gasteiger partial charge in [0, 0.05) is 62.8 Å². The Hall–Kier alpha value is -3.35. The largest absolute Gasteiger partial charge is 0.367 e. The summed E-state index contributed by atoms with van der Waals surface area (Å²) >= 11 is 0. The quantitative estimate of drug-likeness (QED) is 0.505. The molecule has 162 valence electrons. The van der Waals surface area contributed by atoms with Crippen LogP contribution in [0.4, 0.5) is 5.82 Å². The van der Waals surface area contributed by atoms with Crippen molar-refractivity contribution in [1.82, 2.24) is 25.0 Å². The van der Waals surface area contributed by atoms with Crippen molar-refractivity contribution in [2.45, 2.75) is 0 Å². The van der Waals surface area contributed by atoms with Crippen LogP contribution in [0, 0.1) is 0 Å². The molecule has 0 aliphatic carbocycles. The third-order valence-corrected chi connectivity index (χ3v) is 6.15. The van der Waals surface area contributed by atoms with Gasteiger partial charge in [-0.15, -0.1) is 10.2 Å². The van der Waals surface area contributed by atoms with E-state index in [-0.39, 0.29) is 0 Å². The monoisotopic (exact) mass is 424 g/mol. The summed E-state index contributed by atoms with van der Waals surface area (Å²) in [6.45, 7) is 6.32. The third kappa shape index (κ3) is 4.61. The lowest BCUT2D eigenvalue weighted by molar-refractivity contribution is 0.158. The van der Waals surface area contributed by atoms with Crippen LogP contribution in [-0.4, -0.2) is 71.3 Å². The molecular formula is C26H28N6. The van der Waals surface area contributed by atoms with Gasteiger partial charge in [-0.3, -0.25) is 9.88 Å². The number of pyridine rings is 1. The molecule has 0 spiro atoms. The number of benzene rings is 2. The molecule has 2 aromatic heterocycles. The highest BCUT2D eigenvalue weighted by Crippen LogP contribution is 2.30. The molecule has 6 nitrogen and oxygen atoms in total. The van der Waals surface area contributed by atoms with Gasteiger partial charge < -0.3 is 10.2 Å². The van der Waals surface area contributed by atoms with Crippen LogP contribution in [-0.2, 0) is 0 Å². The fourth-order valence-corrected chi connectivity index (χ4v) is 4.17. The minimum atomic E-state index is 0.815. The summed E-state index contributed by atoms with van der Waals surface area (Å²) in [6, 6.07) is 21.0. The summed E-state index contributed by atoms with van der Waals surface area (Å²) in [5.41, 5.74) is 4.06. The summed E-state index contributed by atoms with van der Waals surface area (Å²) in [6.07, 6.45) is 3.64. The number of nitrogens with zero attached hydrogens (tertiary/aromatic N) is 5. The summed E-state index contributed by atoms with van der Waals surface area (Å²) < 4.78 is 0. The van der Waals surface area contributed by atoms with Gasteiger partial charge in [-0.2, -0.15) is 0 Å². The van der Waals surface area contributed by atoms with E-state index in [1.54, 1.807) is 0 Å². The van der Waals surface area contributed by atoms with Crippen LogP contribution >= 0.6 is 0 Å². The molecule has 0 saturated carbocycles. The molecule has 6 heteroatoms.